The molecule has 7 heteroatoms. The van der Waals surface area contributed by atoms with Gasteiger partial charge >= 0.3 is 5.97 Å². The molecular weight excluding hydrogens is 294 g/mol. The number of rotatable bonds is 6. The molecule has 0 bridgehead atoms. The van der Waals surface area contributed by atoms with Gasteiger partial charge in [-0.1, -0.05) is 13.8 Å². The van der Waals surface area contributed by atoms with Crippen molar-refractivity contribution < 1.29 is 23.1 Å². The van der Waals surface area contributed by atoms with E-state index in [1.807, 2.05) is 0 Å². The molecule has 0 saturated carbocycles. The van der Waals surface area contributed by atoms with E-state index in [4.69, 9.17) is 0 Å². The minimum absolute atomic E-state index is 0.0158. The third-order valence-corrected chi connectivity index (χ3v) is 6.34. The molecule has 1 N–H and O–H groups in total. The summed E-state index contributed by atoms with van der Waals surface area (Å²) >= 11 is 0. The first-order valence-electron chi connectivity index (χ1n) is 7.26. The van der Waals surface area contributed by atoms with Gasteiger partial charge in [0, 0.05) is 19.0 Å². The van der Waals surface area contributed by atoms with E-state index in [-0.39, 0.29) is 35.8 Å². The van der Waals surface area contributed by atoms with Crippen LogP contribution in [0.3, 0.4) is 0 Å². The lowest BCUT2D eigenvalue weighted by atomic mass is 9.76. The molecule has 0 aromatic rings. The monoisotopic (exact) mass is 319 g/mol. The molecule has 2 unspecified atom stereocenters. The average Bonchev–Trinajstić information content (AvgIpc) is 2.69. The van der Waals surface area contributed by atoms with Crippen LogP contribution in [0, 0.1) is 11.3 Å². The van der Waals surface area contributed by atoms with Gasteiger partial charge in [-0.2, -0.15) is 0 Å². The van der Waals surface area contributed by atoms with Crippen LogP contribution in [0.15, 0.2) is 0 Å². The van der Waals surface area contributed by atoms with E-state index in [2.05, 4.69) is 0 Å². The standard InChI is InChI=1S/C14H25NO5S/c1-5-15(11-6-7-21(19,20)9-11)12(16)8-14(4,10(2)3)13(17)18/h10-11H,5-9H2,1-4H3,(H,17,18). The largest absolute Gasteiger partial charge is 0.481 e. The lowest BCUT2D eigenvalue weighted by Crippen LogP contribution is -2.45. The summed E-state index contributed by atoms with van der Waals surface area (Å²) in [4.78, 5) is 25.5. The van der Waals surface area contributed by atoms with Gasteiger partial charge in [-0.25, -0.2) is 8.42 Å². The molecule has 0 aromatic heterocycles. The van der Waals surface area contributed by atoms with Crippen LogP contribution in [0.1, 0.15) is 40.5 Å². The Morgan fingerprint density at radius 1 is 1.38 bits per heavy atom. The summed E-state index contributed by atoms with van der Waals surface area (Å²) in [6.07, 6.45) is 0.331. The summed E-state index contributed by atoms with van der Waals surface area (Å²) in [6.45, 7) is 7.30. The number of carbonyl (C=O) groups is 2. The summed E-state index contributed by atoms with van der Waals surface area (Å²) < 4.78 is 23.1. The van der Waals surface area contributed by atoms with E-state index >= 15 is 0 Å². The summed E-state index contributed by atoms with van der Waals surface area (Å²) in [5.74, 6) is -1.39. The van der Waals surface area contributed by atoms with E-state index in [0.29, 0.717) is 13.0 Å². The van der Waals surface area contributed by atoms with E-state index < -0.39 is 21.2 Å². The van der Waals surface area contributed by atoms with Gasteiger partial charge < -0.3 is 10.0 Å². The Morgan fingerprint density at radius 2 is 1.95 bits per heavy atom. The predicted molar refractivity (Wildman–Crippen MR) is 79.6 cm³/mol. The van der Waals surface area contributed by atoms with Gasteiger partial charge in [0.05, 0.1) is 16.9 Å². The number of hydrogen-bond acceptors (Lipinski definition) is 4. The SMILES string of the molecule is CCN(C(=O)CC(C)(C(=O)O)C(C)C)C1CCS(=O)(=O)C1. The van der Waals surface area contributed by atoms with Gasteiger partial charge in [0.15, 0.2) is 9.84 Å². The molecule has 1 aliphatic heterocycles. The van der Waals surface area contributed by atoms with Gasteiger partial charge in [0.2, 0.25) is 5.91 Å². The van der Waals surface area contributed by atoms with Crippen LogP contribution in [0.25, 0.3) is 0 Å². The maximum absolute atomic E-state index is 12.5. The Bertz CT molecular complexity index is 513. The fourth-order valence-corrected chi connectivity index (χ4v) is 4.33. The van der Waals surface area contributed by atoms with Crippen LogP contribution in [-0.4, -0.2) is 54.4 Å². The van der Waals surface area contributed by atoms with Crippen molar-refractivity contribution in [3.8, 4) is 0 Å². The van der Waals surface area contributed by atoms with Gasteiger partial charge in [-0.15, -0.1) is 0 Å². The highest BCUT2D eigenvalue weighted by Gasteiger charge is 2.42. The second-order valence-corrected chi connectivity index (χ2v) is 8.52. The molecule has 6 nitrogen and oxygen atoms in total. The van der Waals surface area contributed by atoms with Crippen LogP contribution in [0.4, 0.5) is 0 Å². The van der Waals surface area contributed by atoms with Crippen LogP contribution >= 0.6 is 0 Å². The molecule has 1 rings (SSSR count). The fraction of sp³-hybridized carbons (Fsp3) is 0.857. The second kappa shape index (κ2) is 6.34. The molecule has 0 aromatic carbocycles. The zero-order valence-electron chi connectivity index (χ0n) is 13.1. The van der Waals surface area contributed by atoms with E-state index in [9.17, 15) is 23.1 Å². The highest BCUT2D eigenvalue weighted by atomic mass is 32.2. The van der Waals surface area contributed by atoms with Crippen molar-refractivity contribution in [3.05, 3.63) is 0 Å². The minimum atomic E-state index is -3.07. The molecule has 1 saturated heterocycles. The highest BCUT2D eigenvalue weighted by Crippen LogP contribution is 2.33. The summed E-state index contributed by atoms with van der Waals surface area (Å²) in [5, 5.41) is 9.39. The van der Waals surface area contributed by atoms with Crippen molar-refractivity contribution in [2.24, 2.45) is 11.3 Å². The molecule has 1 heterocycles. The van der Waals surface area contributed by atoms with Crippen molar-refractivity contribution in [2.75, 3.05) is 18.1 Å². The molecule has 1 fully saturated rings. The van der Waals surface area contributed by atoms with Crippen molar-refractivity contribution in [1.82, 2.24) is 4.90 Å². The molecule has 0 radical (unpaired) electrons. The Balaban J connectivity index is 2.87. The van der Waals surface area contributed by atoms with Crippen LogP contribution in [0.5, 0.6) is 0 Å². The third-order valence-electron chi connectivity index (χ3n) is 4.59. The van der Waals surface area contributed by atoms with E-state index in [1.54, 1.807) is 27.7 Å². The first-order chi connectivity index (χ1) is 9.53. The van der Waals surface area contributed by atoms with Gasteiger partial charge in [0.25, 0.3) is 0 Å². The van der Waals surface area contributed by atoms with Crippen LogP contribution < -0.4 is 0 Å². The molecule has 122 valence electrons. The fourth-order valence-electron chi connectivity index (χ4n) is 2.60. The van der Waals surface area contributed by atoms with Crippen LogP contribution in [0.2, 0.25) is 0 Å². The predicted octanol–water partition coefficient (Wildman–Crippen LogP) is 1.16. The molecule has 0 aliphatic carbocycles. The zero-order valence-corrected chi connectivity index (χ0v) is 13.9. The molecule has 21 heavy (non-hydrogen) atoms. The Morgan fingerprint density at radius 3 is 2.29 bits per heavy atom. The average molecular weight is 319 g/mol. The smallest absolute Gasteiger partial charge is 0.310 e. The normalized spacial score (nSPS) is 23.8. The lowest BCUT2D eigenvalue weighted by Gasteiger charge is -2.33. The summed E-state index contributed by atoms with van der Waals surface area (Å²) in [5.41, 5.74) is -1.14. The number of sulfone groups is 1. The van der Waals surface area contributed by atoms with E-state index in [1.165, 1.54) is 4.90 Å². The number of hydrogen-bond donors (Lipinski definition) is 1. The maximum Gasteiger partial charge on any atom is 0.310 e. The number of carbonyl (C=O) groups excluding carboxylic acids is 1. The number of aliphatic carboxylic acids is 1. The molecule has 0 spiro atoms. The van der Waals surface area contributed by atoms with Crippen molar-refractivity contribution in [1.29, 1.82) is 0 Å². The Labute approximate surface area is 126 Å². The third kappa shape index (κ3) is 3.96. The summed E-state index contributed by atoms with van der Waals surface area (Å²) in [6, 6.07) is -0.322. The Kier molecular flexibility index (Phi) is 5.41. The maximum atomic E-state index is 12.5. The molecular formula is C14H25NO5S. The highest BCUT2D eigenvalue weighted by molar-refractivity contribution is 7.91. The minimum Gasteiger partial charge on any atom is -0.481 e. The molecule has 1 aliphatic rings. The molecule has 1 amide bonds. The summed E-state index contributed by atoms with van der Waals surface area (Å²) in [7, 11) is -3.07. The Hall–Kier alpha value is -1.11. The molecule has 2 atom stereocenters. The number of amides is 1. The second-order valence-electron chi connectivity index (χ2n) is 6.29. The first-order valence-corrected chi connectivity index (χ1v) is 9.09. The van der Waals surface area contributed by atoms with Crippen LogP contribution in [-0.2, 0) is 19.4 Å². The lowest BCUT2D eigenvalue weighted by molar-refractivity contribution is -0.156. The number of carboxylic acid groups (broad SMARTS) is 1. The van der Waals surface area contributed by atoms with Crippen molar-refractivity contribution in [2.45, 2.75) is 46.6 Å². The van der Waals surface area contributed by atoms with Crippen molar-refractivity contribution >= 4 is 21.7 Å². The quantitative estimate of drug-likeness (QED) is 0.793. The van der Waals surface area contributed by atoms with Gasteiger partial charge in [-0.3, -0.25) is 9.59 Å². The topological polar surface area (TPSA) is 91.8 Å². The zero-order chi connectivity index (χ0) is 16.4. The number of carboxylic acids is 1. The van der Waals surface area contributed by atoms with Gasteiger partial charge in [0.1, 0.15) is 0 Å². The first kappa shape index (κ1) is 17.9. The van der Waals surface area contributed by atoms with Gasteiger partial charge in [-0.05, 0) is 26.2 Å². The van der Waals surface area contributed by atoms with E-state index in [0.717, 1.165) is 0 Å². The van der Waals surface area contributed by atoms with Crippen molar-refractivity contribution in [3.63, 3.8) is 0 Å². The number of nitrogens with zero attached hydrogens (tertiary/aromatic N) is 1.